The van der Waals surface area contributed by atoms with E-state index in [1.807, 2.05) is 25.8 Å². The zero-order valence-electron chi connectivity index (χ0n) is 21.6. The molecule has 0 unspecified atom stereocenters. The van der Waals surface area contributed by atoms with E-state index in [9.17, 15) is 9.59 Å². The van der Waals surface area contributed by atoms with Crippen molar-refractivity contribution in [2.45, 2.75) is 135 Å². The lowest BCUT2D eigenvalue weighted by Crippen LogP contribution is -2.54. The van der Waals surface area contributed by atoms with Crippen LogP contribution < -0.4 is 5.32 Å². The Bertz CT molecular complexity index is 646. The van der Waals surface area contributed by atoms with Crippen molar-refractivity contribution in [2.24, 2.45) is 5.41 Å². The molecule has 0 saturated heterocycles. The molecular formula is C27H46N2O5. The molecule has 0 heterocycles. The van der Waals surface area contributed by atoms with Gasteiger partial charge >= 0.3 is 12.1 Å². The van der Waals surface area contributed by atoms with Gasteiger partial charge in [-0.2, -0.15) is 0 Å². The quantitative estimate of drug-likeness (QED) is 0.339. The number of ether oxygens (including phenoxy) is 2. The molecule has 0 aliphatic heterocycles. The van der Waals surface area contributed by atoms with Crippen LogP contribution in [0.3, 0.4) is 0 Å². The highest BCUT2D eigenvalue weighted by molar-refractivity contribution is 5.82. The molecule has 0 bridgehead atoms. The van der Waals surface area contributed by atoms with Crippen molar-refractivity contribution in [1.29, 1.82) is 0 Å². The summed E-state index contributed by atoms with van der Waals surface area (Å²) >= 11 is 0. The summed E-state index contributed by atoms with van der Waals surface area (Å²) in [5.74, 6) is -0.397. The van der Waals surface area contributed by atoms with Gasteiger partial charge in [-0.05, 0) is 50.4 Å². The van der Waals surface area contributed by atoms with Gasteiger partial charge in [0.25, 0.3) is 0 Å². The number of nitrogens with one attached hydrogen (secondary N) is 1. The van der Waals surface area contributed by atoms with Crippen LogP contribution in [0.25, 0.3) is 0 Å². The second-order valence-electron chi connectivity index (χ2n) is 11.3. The second kappa shape index (κ2) is 12.9. The smallest absolute Gasteiger partial charge is 0.408 e. The van der Waals surface area contributed by atoms with E-state index in [0.717, 1.165) is 44.9 Å². The number of nitrogens with zero attached hydrogens (tertiary/aromatic N) is 1. The molecule has 0 aromatic heterocycles. The number of hydrogen-bond acceptors (Lipinski definition) is 6. The predicted molar refractivity (Wildman–Crippen MR) is 132 cm³/mol. The fourth-order valence-corrected chi connectivity index (χ4v) is 5.60. The molecule has 3 rings (SSSR count). The van der Waals surface area contributed by atoms with Crippen molar-refractivity contribution < 1.29 is 23.9 Å². The highest BCUT2D eigenvalue weighted by Crippen LogP contribution is 2.32. The average Bonchev–Trinajstić information content (AvgIpc) is 3.26. The van der Waals surface area contributed by atoms with Crippen molar-refractivity contribution in [3.8, 4) is 0 Å². The molecule has 7 nitrogen and oxygen atoms in total. The van der Waals surface area contributed by atoms with E-state index in [0.29, 0.717) is 6.61 Å². The second-order valence-corrected chi connectivity index (χ2v) is 11.3. The molecule has 3 aliphatic carbocycles. The van der Waals surface area contributed by atoms with Gasteiger partial charge in [-0.3, -0.25) is 0 Å². The van der Waals surface area contributed by atoms with Crippen LogP contribution in [0.1, 0.15) is 104 Å². The van der Waals surface area contributed by atoms with Gasteiger partial charge in [0.1, 0.15) is 12.1 Å². The standard InChI is InChI=1S/C27H46N2O5/c1-5-19-32-22-17-12-18-23(22)33-26(31)28-24(27(2,3)4)25(30)34-29(20-13-8-6-9-14-20)21-15-10-7-11-16-21/h5,20-24H,1,6-19H2,2-4H3,(H,28,31)/t22-,23-,24-/m1/s1. The number of hydrogen-bond donors (Lipinski definition) is 1. The Labute approximate surface area is 205 Å². The predicted octanol–water partition coefficient (Wildman–Crippen LogP) is 5.68. The van der Waals surface area contributed by atoms with Gasteiger partial charge in [0.2, 0.25) is 0 Å². The largest absolute Gasteiger partial charge is 0.443 e. The maximum Gasteiger partial charge on any atom is 0.408 e. The summed E-state index contributed by atoms with van der Waals surface area (Å²) in [5.41, 5.74) is -0.519. The molecule has 7 heteroatoms. The first-order valence-electron chi connectivity index (χ1n) is 13.5. The lowest BCUT2D eigenvalue weighted by Gasteiger charge is -2.41. The van der Waals surface area contributed by atoms with Crippen molar-refractivity contribution >= 4 is 12.1 Å². The SMILES string of the molecule is C=CCO[C@@H]1CCC[C@H]1OC(=O)N[C@H](C(=O)ON(C1CCCCC1)C1CCCCC1)C(C)(C)C. The minimum atomic E-state index is -0.802. The van der Waals surface area contributed by atoms with E-state index in [1.54, 1.807) is 6.08 Å². The summed E-state index contributed by atoms with van der Waals surface area (Å²) in [6.07, 6.45) is 14.7. The summed E-state index contributed by atoms with van der Waals surface area (Å²) in [5, 5.41) is 4.85. The van der Waals surface area contributed by atoms with E-state index in [1.165, 1.54) is 38.5 Å². The number of rotatable bonds is 9. The van der Waals surface area contributed by atoms with Crippen molar-refractivity contribution in [3.63, 3.8) is 0 Å². The van der Waals surface area contributed by atoms with Crippen LogP contribution in [-0.4, -0.2) is 54.1 Å². The first-order chi connectivity index (χ1) is 16.3. The van der Waals surface area contributed by atoms with Crippen LogP contribution in [0.4, 0.5) is 4.79 Å². The highest BCUT2D eigenvalue weighted by Gasteiger charge is 2.40. The van der Waals surface area contributed by atoms with Gasteiger partial charge in [0.15, 0.2) is 0 Å². The molecule has 1 N–H and O–H groups in total. The van der Waals surface area contributed by atoms with Gasteiger partial charge in [-0.1, -0.05) is 65.4 Å². The topological polar surface area (TPSA) is 77.1 Å². The molecule has 0 aromatic rings. The van der Waals surface area contributed by atoms with Gasteiger partial charge in [-0.25, -0.2) is 9.59 Å². The summed E-state index contributed by atoms with van der Waals surface area (Å²) in [7, 11) is 0. The normalized spacial score (nSPS) is 25.6. The Hall–Kier alpha value is -1.60. The van der Waals surface area contributed by atoms with Crippen LogP contribution in [0, 0.1) is 5.41 Å². The molecule has 194 valence electrons. The molecular weight excluding hydrogens is 432 g/mol. The summed E-state index contributed by atoms with van der Waals surface area (Å²) in [4.78, 5) is 32.5. The zero-order chi connectivity index (χ0) is 24.6. The monoisotopic (exact) mass is 478 g/mol. The number of hydroxylamine groups is 2. The van der Waals surface area contributed by atoms with Crippen LogP contribution in [0.15, 0.2) is 12.7 Å². The van der Waals surface area contributed by atoms with Gasteiger partial charge in [0.05, 0.1) is 12.7 Å². The first-order valence-corrected chi connectivity index (χ1v) is 13.5. The lowest BCUT2D eigenvalue weighted by molar-refractivity contribution is -0.227. The fraction of sp³-hybridized carbons (Fsp3) is 0.852. The maximum absolute atomic E-state index is 13.5. The molecule has 3 fully saturated rings. The van der Waals surface area contributed by atoms with E-state index < -0.39 is 23.5 Å². The number of carbonyl (C=O) groups is 2. The van der Waals surface area contributed by atoms with Crippen molar-refractivity contribution in [2.75, 3.05) is 6.61 Å². The molecule has 34 heavy (non-hydrogen) atoms. The van der Waals surface area contributed by atoms with E-state index in [4.69, 9.17) is 14.3 Å². The Morgan fingerprint density at radius 3 is 2.00 bits per heavy atom. The number of amides is 1. The average molecular weight is 479 g/mol. The minimum absolute atomic E-state index is 0.128. The van der Waals surface area contributed by atoms with E-state index in [2.05, 4.69) is 11.9 Å². The Balaban J connectivity index is 1.65. The van der Waals surface area contributed by atoms with E-state index >= 15 is 0 Å². The van der Waals surface area contributed by atoms with Crippen LogP contribution >= 0.6 is 0 Å². The molecule has 0 radical (unpaired) electrons. The molecule has 0 spiro atoms. The van der Waals surface area contributed by atoms with Crippen LogP contribution in [0.5, 0.6) is 0 Å². The molecule has 3 saturated carbocycles. The fourth-order valence-electron chi connectivity index (χ4n) is 5.60. The van der Waals surface area contributed by atoms with Crippen molar-refractivity contribution in [1.82, 2.24) is 10.4 Å². The Kier molecular flexibility index (Phi) is 10.3. The van der Waals surface area contributed by atoms with Crippen molar-refractivity contribution in [3.05, 3.63) is 12.7 Å². The molecule has 3 atom stereocenters. The Morgan fingerprint density at radius 2 is 1.47 bits per heavy atom. The third-order valence-corrected chi connectivity index (χ3v) is 7.51. The number of alkyl carbamates (subject to hydrolysis) is 1. The summed E-state index contributed by atoms with van der Waals surface area (Å²) in [6, 6.07) is -0.257. The first kappa shape index (κ1) is 27.0. The van der Waals surface area contributed by atoms with E-state index in [-0.39, 0.29) is 24.3 Å². The Morgan fingerprint density at radius 1 is 0.912 bits per heavy atom. The number of carbonyl (C=O) groups excluding carboxylic acids is 2. The summed E-state index contributed by atoms with van der Waals surface area (Å²) < 4.78 is 11.5. The van der Waals surface area contributed by atoms with Crippen LogP contribution in [-0.2, 0) is 19.1 Å². The molecule has 1 amide bonds. The third kappa shape index (κ3) is 7.70. The third-order valence-electron chi connectivity index (χ3n) is 7.51. The summed E-state index contributed by atoms with van der Waals surface area (Å²) in [6.45, 7) is 9.94. The highest BCUT2D eigenvalue weighted by atomic mass is 16.7. The van der Waals surface area contributed by atoms with Crippen LogP contribution in [0.2, 0.25) is 0 Å². The molecule has 0 aromatic carbocycles. The van der Waals surface area contributed by atoms with Gasteiger partial charge in [0, 0.05) is 12.1 Å². The zero-order valence-corrected chi connectivity index (χ0v) is 21.6. The maximum atomic E-state index is 13.5. The minimum Gasteiger partial charge on any atom is -0.443 e. The van der Waals surface area contributed by atoms with Gasteiger partial charge in [-0.15, -0.1) is 11.6 Å². The molecule has 3 aliphatic rings. The lowest BCUT2D eigenvalue weighted by atomic mass is 9.87. The van der Waals surface area contributed by atoms with Gasteiger partial charge < -0.3 is 19.6 Å².